The van der Waals surface area contributed by atoms with Crippen LogP contribution in [0.5, 0.6) is 0 Å². The van der Waals surface area contributed by atoms with Crippen molar-refractivity contribution in [2.24, 2.45) is 0 Å². The highest BCUT2D eigenvalue weighted by Crippen LogP contribution is 2.22. The molecule has 5 nitrogen and oxygen atoms in total. The van der Waals surface area contributed by atoms with Gasteiger partial charge < -0.3 is 14.9 Å². The zero-order valence-corrected chi connectivity index (χ0v) is 7.69. The molecule has 0 bridgehead atoms. The first-order valence-corrected chi connectivity index (χ1v) is 4.68. The van der Waals surface area contributed by atoms with E-state index in [1.807, 2.05) is 0 Å². The van der Waals surface area contributed by atoms with Gasteiger partial charge in [0.05, 0.1) is 5.69 Å². The summed E-state index contributed by atoms with van der Waals surface area (Å²) >= 11 is 0. The zero-order chi connectivity index (χ0) is 9.97. The molecule has 0 radical (unpaired) electrons. The Morgan fingerprint density at radius 1 is 1.71 bits per heavy atom. The number of carboxylic acids is 1. The van der Waals surface area contributed by atoms with E-state index < -0.39 is 5.97 Å². The van der Waals surface area contributed by atoms with Gasteiger partial charge in [-0.1, -0.05) is 5.16 Å². The zero-order valence-electron chi connectivity index (χ0n) is 7.69. The van der Waals surface area contributed by atoms with Crippen LogP contribution in [0.15, 0.2) is 10.6 Å². The minimum absolute atomic E-state index is 0.0782. The van der Waals surface area contributed by atoms with E-state index in [0.29, 0.717) is 5.92 Å². The molecule has 1 saturated heterocycles. The maximum atomic E-state index is 10.5. The lowest BCUT2D eigenvalue weighted by Gasteiger charge is -2.19. The Labute approximate surface area is 81.1 Å². The number of hydrogen-bond acceptors (Lipinski definition) is 4. The van der Waals surface area contributed by atoms with E-state index in [-0.39, 0.29) is 5.76 Å². The molecule has 0 saturated carbocycles. The van der Waals surface area contributed by atoms with Crippen molar-refractivity contribution in [3.63, 3.8) is 0 Å². The van der Waals surface area contributed by atoms with Crippen molar-refractivity contribution in [1.29, 1.82) is 0 Å². The lowest BCUT2D eigenvalue weighted by Crippen LogP contribution is -2.28. The van der Waals surface area contributed by atoms with Crippen molar-refractivity contribution in [2.75, 3.05) is 13.1 Å². The average Bonchev–Trinajstić information content (AvgIpc) is 2.68. The van der Waals surface area contributed by atoms with Crippen molar-refractivity contribution in [1.82, 2.24) is 10.5 Å². The first-order chi connectivity index (χ1) is 6.77. The van der Waals surface area contributed by atoms with Gasteiger partial charge in [0, 0.05) is 18.5 Å². The second kappa shape index (κ2) is 3.79. The van der Waals surface area contributed by atoms with Gasteiger partial charge in [-0.3, -0.25) is 0 Å². The van der Waals surface area contributed by atoms with Crippen molar-refractivity contribution in [2.45, 2.75) is 18.8 Å². The van der Waals surface area contributed by atoms with Crippen LogP contribution in [0.25, 0.3) is 0 Å². The van der Waals surface area contributed by atoms with Gasteiger partial charge in [-0.15, -0.1) is 0 Å². The van der Waals surface area contributed by atoms with E-state index in [2.05, 4.69) is 10.5 Å². The number of piperidine rings is 1. The Kier molecular flexibility index (Phi) is 2.49. The third kappa shape index (κ3) is 1.77. The van der Waals surface area contributed by atoms with Crippen molar-refractivity contribution in [3.8, 4) is 0 Å². The second-order valence-corrected chi connectivity index (χ2v) is 3.46. The Morgan fingerprint density at radius 3 is 3.14 bits per heavy atom. The minimum atomic E-state index is -1.06. The van der Waals surface area contributed by atoms with E-state index >= 15 is 0 Å². The van der Waals surface area contributed by atoms with Gasteiger partial charge in [0.2, 0.25) is 5.76 Å². The van der Waals surface area contributed by atoms with Gasteiger partial charge in [-0.05, 0) is 19.4 Å². The summed E-state index contributed by atoms with van der Waals surface area (Å²) in [5.41, 5.74) is 0.745. The number of rotatable bonds is 2. The molecule has 2 heterocycles. The maximum absolute atomic E-state index is 10.5. The van der Waals surface area contributed by atoms with Gasteiger partial charge >= 0.3 is 5.97 Å². The Bertz CT molecular complexity index is 329. The normalized spacial score (nSPS) is 22.1. The molecule has 1 atom stereocenters. The Morgan fingerprint density at radius 2 is 2.57 bits per heavy atom. The summed E-state index contributed by atoms with van der Waals surface area (Å²) in [5.74, 6) is -0.848. The van der Waals surface area contributed by atoms with E-state index in [9.17, 15) is 4.79 Å². The lowest BCUT2D eigenvalue weighted by molar-refractivity contribution is 0.0652. The van der Waals surface area contributed by atoms with Crippen molar-refractivity contribution < 1.29 is 14.4 Å². The third-order valence-corrected chi connectivity index (χ3v) is 2.45. The van der Waals surface area contributed by atoms with E-state index in [1.54, 1.807) is 0 Å². The highest BCUT2D eigenvalue weighted by Gasteiger charge is 2.20. The third-order valence-electron chi connectivity index (χ3n) is 2.45. The smallest absolute Gasteiger partial charge is 0.374 e. The fourth-order valence-corrected chi connectivity index (χ4v) is 1.69. The molecule has 0 spiro atoms. The van der Waals surface area contributed by atoms with Gasteiger partial charge in [0.15, 0.2) is 0 Å². The van der Waals surface area contributed by atoms with Crippen LogP contribution in [-0.2, 0) is 0 Å². The predicted octanol–water partition coefficient (Wildman–Crippen LogP) is 0.840. The fraction of sp³-hybridized carbons (Fsp3) is 0.556. The van der Waals surface area contributed by atoms with Gasteiger partial charge in [0.1, 0.15) is 0 Å². The molecule has 0 aliphatic carbocycles. The number of carboxylic acid groups (broad SMARTS) is 1. The second-order valence-electron chi connectivity index (χ2n) is 3.46. The molecule has 2 rings (SSSR count). The molecule has 1 aromatic heterocycles. The summed E-state index contributed by atoms with van der Waals surface area (Å²) in [7, 11) is 0. The van der Waals surface area contributed by atoms with Crippen LogP contribution in [0.4, 0.5) is 0 Å². The molecule has 2 N–H and O–H groups in total. The molecule has 1 unspecified atom stereocenters. The van der Waals surface area contributed by atoms with Gasteiger partial charge in [-0.25, -0.2) is 4.79 Å². The SMILES string of the molecule is O=C(O)c1cc(C2CCCNC2)no1. The van der Waals surface area contributed by atoms with Crippen LogP contribution < -0.4 is 5.32 Å². The monoisotopic (exact) mass is 196 g/mol. The maximum Gasteiger partial charge on any atom is 0.374 e. The van der Waals surface area contributed by atoms with Crippen LogP contribution in [-0.4, -0.2) is 29.3 Å². The van der Waals surface area contributed by atoms with E-state index in [0.717, 1.165) is 31.6 Å². The number of carbonyl (C=O) groups is 1. The molecule has 1 aromatic rings. The highest BCUT2D eigenvalue weighted by atomic mass is 16.5. The topological polar surface area (TPSA) is 75.4 Å². The number of nitrogens with one attached hydrogen (secondary N) is 1. The van der Waals surface area contributed by atoms with Crippen LogP contribution in [0.3, 0.4) is 0 Å². The summed E-state index contributed by atoms with van der Waals surface area (Å²) < 4.78 is 4.70. The summed E-state index contributed by atoms with van der Waals surface area (Å²) in [5, 5.41) is 15.7. The van der Waals surface area contributed by atoms with E-state index in [1.165, 1.54) is 6.07 Å². The standard InChI is InChI=1S/C9H12N2O3/c12-9(13)8-4-7(11-14-8)6-2-1-3-10-5-6/h4,6,10H,1-3,5H2,(H,12,13). The first-order valence-electron chi connectivity index (χ1n) is 4.68. The number of aromatic carboxylic acids is 1. The van der Waals surface area contributed by atoms with Crippen molar-refractivity contribution >= 4 is 5.97 Å². The molecule has 5 heteroatoms. The molecule has 0 amide bonds. The number of aromatic nitrogens is 1. The first kappa shape index (κ1) is 9.21. The predicted molar refractivity (Wildman–Crippen MR) is 48.3 cm³/mol. The van der Waals surface area contributed by atoms with Crippen molar-refractivity contribution in [3.05, 3.63) is 17.5 Å². The van der Waals surface area contributed by atoms with Crippen LogP contribution in [0.1, 0.15) is 35.0 Å². The van der Waals surface area contributed by atoms with Crippen LogP contribution >= 0.6 is 0 Å². The van der Waals surface area contributed by atoms with E-state index in [4.69, 9.17) is 9.63 Å². The Balaban J connectivity index is 2.11. The van der Waals surface area contributed by atoms with Gasteiger partial charge in [0.25, 0.3) is 0 Å². The summed E-state index contributed by atoms with van der Waals surface area (Å²) in [6.07, 6.45) is 2.14. The fourth-order valence-electron chi connectivity index (χ4n) is 1.69. The molecule has 1 aliphatic rings. The summed E-state index contributed by atoms with van der Waals surface area (Å²) in [4.78, 5) is 10.5. The molecule has 1 aliphatic heterocycles. The van der Waals surface area contributed by atoms with Gasteiger partial charge in [-0.2, -0.15) is 0 Å². The summed E-state index contributed by atoms with van der Waals surface area (Å²) in [6, 6.07) is 1.51. The lowest BCUT2D eigenvalue weighted by atomic mass is 9.96. The molecule has 76 valence electrons. The molecule has 1 fully saturated rings. The molecular formula is C9H12N2O3. The average molecular weight is 196 g/mol. The van der Waals surface area contributed by atoms with Crippen LogP contribution in [0, 0.1) is 0 Å². The Hall–Kier alpha value is -1.36. The molecular weight excluding hydrogens is 184 g/mol. The van der Waals surface area contributed by atoms with Crippen LogP contribution in [0.2, 0.25) is 0 Å². The summed E-state index contributed by atoms with van der Waals surface area (Å²) in [6.45, 7) is 1.88. The minimum Gasteiger partial charge on any atom is -0.475 e. The molecule has 14 heavy (non-hydrogen) atoms. The number of hydrogen-bond donors (Lipinski definition) is 2. The number of nitrogens with zero attached hydrogens (tertiary/aromatic N) is 1. The molecule has 0 aromatic carbocycles. The largest absolute Gasteiger partial charge is 0.475 e. The quantitative estimate of drug-likeness (QED) is 0.733. The highest BCUT2D eigenvalue weighted by molar-refractivity contribution is 5.84.